The molecule has 1 heterocycles. The zero-order valence-electron chi connectivity index (χ0n) is 11.4. The summed E-state index contributed by atoms with van der Waals surface area (Å²) >= 11 is 5.89. The van der Waals surface area contributed by atoms with E-state index in [4.69, 9.17) is 16.3 Å². The van der Waals surface area contributed by atoms with E-state index in [9.17, 15) is 9.82 Å². The molecule has 106 valence electrons. The molecule has 2 aromatic carbocycles. The summed E-state index contributed by atoms with van der Waals surface area (Å²) in [5.41, 5.74) is 3.63. The van der Waals surface area contributed by atoms with E-state index in [1.807, 2.05) is 19.1 Å². The van der Waals surface area contributed by atoms with Gasteiger partial charge in [-0.1, -0.05) is 23.7 Å². The number of hydrogen-bond donors (Lipinski definition) is 2. The number of amides is 1. The van der Waals surface area contributed by atoms with Crippen molar-refractivity contribution in [3.63, 3.8) is 0 Å². The zero-order chi connectivity index (χ0) is 15.0. The van der Waals surface area contributed by atoms with Crippen LogP contribution in [0.15, 0.2) is 36.4 Å². The first-order valence-electron chi connectivity index (χ1n) is 6.55. The number of halogens is 1. The lowest BCUT2D eigenvalue weighted by atomic mass is 9.76. The maximum Gasteiger partial charge on any atom is 0.492 e. The number of hydrogen-bond acceptors (Lipinski definition) is 3. The fourth-order valence-corrected chi connectivity index (χ4v) is 2.66. The Morgan fingerprint density at radius 3 is 2.95 bits per heavy atom. The summed E-state index contributed by atoms with van der Waals surface area (Å²) in [6.07, 6.45) is 0. The minimum absolute atomic E-state index is 0.242. The van der Waals surface area contributed by atoms with Gasteiger partial charge in [-0.05, 0) is 47.8 Å². The molecule has 4 nitrogen and oxygen atoms in total. The molecule has 0 bridgehead atoms. The van der Waals surface area contributed by atoms with Gasteiger partial charge in [0.15, 0.2) is 0 Å². The molecule has 6 heteroatoms. The Hall–Kier alpha value is -1.82. The smallest absolute Gasteiger partial charge is 0.423 e. The molecule has 2 aromatic rings. The minimum Gasteiger partial charge on any atom is -0.423 e. The standard InChI is InChI=1S/C15H13BClNO3/c1-9-13(6-5-11-8-21-16(20)14(9)11)18-15(19)10-3-2-4-12(17)7-10/h2-7,20H,8H2,1H3,(H,18,19). The Kier molecular flexibility index (Phi) is 3.72. The summed E-state index contributed by atoms with van der Waals surface area (Å²) in [5.74, 6) is -0.242. The fraction of sp³-hybridized carbons (Fsp3) is 0.133. The summed E-state index contributed by atoms with van der Waals surface area (Å²) in [5, 5.41) is 13.2. The summed E-state index contributed by atoms with van der Waals surface area (Å²) in [4.78, 5) is 12.2. The van der Waals surface area contributed by atoms with Crippen molar-refractivity contribution in [2.75, 3.05) is 5.32 Å². The molecule has 0 saturated carbocycles. The third-order valence-electron chi connectivity index (χ3n) is 3.58. The summed E-state index contributed by atoms with van der Waals surface area (Å²) in [6.45, 7) is 2.24. The summed E-state index contributed by atoms with van der Waals surface area (Å²) < 4.78 is 5.19. The second-order valence-corrected chi connectivity index (χ2v) is 5.38. The van der Waals surface area contributed by atoms with Gasteiger partial charge in [0.25, 0.3) is 5.91 Å². The Morgan fingerprint density at radius 1 is 1.38 bits per heavy atom. The summed E-state index contributed by atoms with van der Waals surface area (Å²) in [6, 6.07) is 10.4. The second kappa shape index (κ2) is 5.52. The van der Waals surface area contributed by atoms with Crippen LogP contribution in [0.5, 0.6) is 0 Å². The van der Waals surface area contributed by atoms with E-state index in [1.54, 1.807) is 24.3 Å². The number of carbonyl (C=O) groups excluding carboxylic acids is 1. The molecular formula is C15H13BClNO3. The molecular weight excluding hydrogens is 288 g/mol. The van der Waals surface area contributed by atoms with Gasteiger partial charge >= 0.3 is 7.12 Å². The molecule has 0 saturated heterocycles. The molecule has 0 radical (unpaired) electrons. The maximum absolute atomic E-state index is 12.2. The Bertz CT molecular complexity index is 720. The molecule has 3 rings (SSSR count). The average Bonchev–Trinajstić information content (AvgIpc) is 2.84. The Balaban J connectivity index is 1.89. The lowest BCUT2D eigenvalue weighted by Gasteiger charge is -2.12. The van der Waals surface area contributed by atoms with Crippen molar-refractivity contribution in [3.05, 3.63) is 58.1 Å². The predicted molar refractivity (Wildman–Crippen MR) is 83.0 cm³/mol. The third-order valence-corrected chi connectivity index (χ3v) is 3.82. The topological polar surface area (TPSA) is 58.6 Å². The van der Waals surface area contributed by atoms with Crippen LogP contribution in [0.2, 0.25) is 5.02 Å². The van der Waals surface area contributed by atoms with E-state index in [2.05, 4.69) is 5.32 Å². The molecule has 1 aliphatic heterocycles. The van der Waals surface area contributed by atoms with Crippen LogP contribution >= 0.6 is 11.6 Å². The second-order valence-electron chi connectivity index (χ2n) is 4.94. The molecule has 21 heavy (non-hydrogen) atoms. The monoisotopic (exact) mass is 301 g/mol. The van der Waals surface area contributed by atoms with Crippen molar-refractivity contribution in [2.24, 2.45) is 0 Å². The van der Waals surface area contributed by atoms with E-state index < -0.39 is 7.12 Å². The van der Waals surface area contributed by atoms with Crippen LogP contribution in [0.4, 0.5) is 5.69 Å². The number of carbonyl (C=O) groups is 1. The zero-order valence-corrected chi connectivity index (χ0v) is 12.1. The first kappa shape index (κ1) is 14.1. The van der Waals surface area contributed by atoms with Crippen LogP contribution in [0.3, 0.4) is 0 Å². The van der Waals surface area contributed by atoms with E-state index in [0.717, 1.165) is 16.6 Å². The van der Waals surface area contributed by atoms with Gasteiger partial charge in [-0.15, -0.1) is 0 Å². The number of anilines is 1. The van der Waals surface area contributed by atoms with Gasteiger partial charge in [0, 0.05) is 16.3 Å². The highest BCUT2D eigenvalue weighted by atomic mass is 35.5. The van der Waals surface area contributed by atoms with Crippen molar-refractivity contribution in [3.8, 4) is 0 Å². The largest absolute Gasteiger partial charge is 0.492 e. The molecule has 1 aliphatic rings. The van der Waals surface area contributed by atoms with Crippen LogP contribution in [-0.2, 0) is 11.3 Å². The minimum atomic E-state index is -0.928. The Morgan fingerprint density at radius 2 is 2.19 bits per heavy atom. The van der Waals surface area contributed by atoms with Gasteiger partial charge in [-0.3, -0.25) is 4.79 Å². The molecule has 0 atom stereocenters. The molecule has 2 N–H and O–H groups in total. The lowest BCUT2D eigenvalue weighted by Crippen LogP contribution is -2.31. The van der Waals surface area contributed by atoms with Gasteiger partial charge in [0.05, 0.1) is 6.61 Å². The van der Waals surface area contributed by atoms with Crippen LogP contribution in [0.1, 0.15) is 21.5 Å². The van der Waals surface area contributed by atoms with Gasteiger partial charge in [0.2, 0.25) is 0 Å². The Labute approximate surface area is 127 Å². The van der Waals surface area contributed by atoms with Gasteiger partial charge in [0.1, 0.15) is 0 Å². The SMILES string of the molecule is Cc1c(NC(=O)c2cccc(Cl)c2)ccc2c1B(O)OC2. The van der Waals surface area contributed by atoms with Gasteiger partial charge in [-0.25, -0.2) is 0 Å². The molecule has 0 aliphatic carbocycles. The molecule has 0 fully saturated rings. The lowest BCUT2D eigenvalue weighted by molar-refractivity contribution is 0.102. The average molecular weight is 302 g/mol. The summed E-state index contributed by atoms with van der Waals surface area (Å²) in [7, 11) is -0.928. The fourth-order valence-electron chi connectivity index (χ4n) is 2.47. The quantitative estimate of drug-likeness (QED) is 0.835. The molecule has 0 aromatic heterocycles. The number of nitrogens with one attached hydrogen (secondary N) is 1. The van der Waals surface area contributed by atoms with Crippen LogP contribution in [0, 0.1) is 6.92 Å². The van der Waals surface area contributed by atoms with Gasteiger partial charge in [-0.2, -0.15) is 0 Å². The van der Waals surface area contributed by atoms with E-state index in [1.165, 1.54) is 0 Å². The first-order valence-corrected chi connectivity index (χ1v) is 6.93. The number of rotatable bonds is 2. The van der Waals surface area contributed by atoms with Crippen molar-refractivity contribution < 1.29 is 14.5 Å². The van der Waals surface area contributed by atoms with Crippen molar-refractivity contribution >= 4 is 35.8 Å². The van der Waals surface area contributed by atoms with Crippen molar-refractivity contribution in [1.29, 1.82) is 0 Å². The normalized spacial score (nSPS) is 13.2. The predicted octanol–water partition coefficient (Wildman–Crippen LogP) is 2.12. The van der Waals surface area contributed by atoms with Gasteiger partial charge < -0.3 is 15.0 Å². The number of benzene rings is 2. The maximum atomic E-state index is 12.2. The van der Waals surface area contributed by atoms with Crippen LogP contribution in [0.25, 0.3) is 0 Å². The third kappa shape index (κ3) is 2.68. The first-order chi connectivity index (χ1) is 10.1. The molecule has 0 spiro atoms. The number of fused-ring (bicyclic) bond motifs is 1. The molecule has 0 unspecified atom stereocenters. The van der Waals surface area contributed by atoms with Crippen LogP contribution in [-0.4, -0.2) is 18.0 Å². The van der Waals surface area contributed by atoms with E-state index >= 15 is 0 Å². The molecule has 1 amide bonds. The van der Waals surface area contributed by atoms with Crippen molar-refractivity contribution in [1.82, 2.24) is 0 Å². The van der Waals surface area contributed by atoms with Crippen molar-refractivity contribution in [2.45, 2.75) is 13.5 Å². The highest BCUT2D eigenvalue weighted by Gasteiger charge is 2.30. The van der Waals surface area contributed by atoms with E-state index in [0.29, 0.717) is 22.9 Å². The van der Waals surface area contributed by atoms with Crippen LogP contribution < -0.4 is 10.8 Å². The van der Waals surface area contributed by atoms with E-state index in [-0.39, 0.29) is 5.91 Å². The highest BCUT2D eigenvalue weighted by Crippen LogP contribution is 2.21. The highest BCUT2D eigenvalue weighted by molar-refractivity contribution is 6.62.